The van der Waals surface area contributed by atoms with Gasteiger partial charge in [-0.1, -0.05) is 0 Å². The van der Waals surface area contributed by atoms with Gasteiger partial charge in [0.1, 0.15) is 5.82 Å². The van der Waals surface area contributed by atoms with Crippen LogP contribution in [0.4, 0.5) is 0 Å². The summed E-state index contributed by atoms with van der Waals surface area (Å²) in [6.07, 6.45) is 4.71. The average molecular weight is 314 g/mol. The van der Waals surface area contributed by atoms with E-state index < -0.39 is 0 Å². The molecule has 2 aromatic heterocycles. The maximum atomic E-state index is 12.7. The fourth-order valence-electron chi connectivity index (χ4n) is 3.32. The van der Waals surface area contributed by atoms with Crippen molar-refractivity contribution in [1.82, 2.24) is 29.4 Å². The molecule has 0 bridgehead atoms. The molecule has 1 fully saturated rings. The smallest absolute Gasteiger partial charge is 0.227 e. The van der Waals surface area contributed by atoms with Gasteiger partial charge in [-0.3, -0.25) is 9.48 Å². The first-order valence-electron chi connectivity index (χ1n) is 8.26. The molecule has 1 atom stereocenters. The lowest BCUT2D eigenvalue weighted by Gasteiger charge is -2.33. The van der Waals surface area contributed by atoms with E-state index in [1.807, 2.05) is 36.7 Å². The van der Waals surface area contributed by atoms with Crippen molar-refractivity contribution in [1.29, 1.82) is 0 Å². The number of carbonyl (C=O) groups is 1. The highest BCUT2D eigenvalue weighted by Gasteiger charge is 2.34. The Hall–Kier alpha value is -2.18. The summed E-state index contributed by atoms with van der Waals surface area (Å²) >= 11 is 0. The number of fused-ring (bicyclic) bond motifs is 1. The second-order valence-corrected chi connectivity index (χ2v) is 6.68. The van der Waals surface area contributed by atoms with Crippen LogP contribution < -0.4 is 0 Å². The van der Waals surface area contributed by atoms with E-state index in [4.69, 9.17) is 4.98 Å². The Kier molecular flexibility index (Phi) is 3.25. The van der Waals surface area contributed by atoms with Crippen LogP contribution in [0.5, 0.6) is 0 Å². The van der Waals surface area contributed by atoms with Crippen LogP contribution >= 0.6 is 0 Å². The van der Waals surface area contributed by atoms with Crippen molar-refractivity contribution in [2.24, 2.45) is 7.05 Å². The molecule has 0 saturated heterocycles. The Bertz CT molecular complexity index is 757. The predicted octanol–water partition coefficient (Wildman–Crippen LogP) is 1.34. The lowest BCUT2D eigenvalue weighted by atomic mass is 10.1. The third-order valence-corrected chi connectivity index (χ3v) is 4.83. The molecule has 2 aliphatic rings. The summed E-state index contributed by atoms with van der Waals surface area (Å²) in [5, 5.41) is 8.93. The highest BCUT2D eigenvalue weighted by atomic mass is 16.2. The van der Waals surface area contributed by atoms with E-state index in [0.29, 0.717) is 18.9 Å². The molecule has 7 heteroatoms. The van der Waals surface area contributed by atoms with Gasteiger partial charge in [-0.25, -0.2) is 9.67 Å². The van der Waals surface area contributed by atoms with E-state index in [-0.39, 0.29) is 11.9 Å². The average Bonchev–Trinajstić information content (AvgIpc) is 3.18. The number of aromatic nitrogens is 5. The van der Waals surface area contributed by atoms with E-state index in [1.165, 1.54) is 12.8 Å². The first-order chi connectivity index (χ1) is 11.0. The Labute approximate surface area is 135 Å². The largest absolute Gasteiger partial charge is 0.331 e. The molecule has 0 unspecified atom stereocenters. The molecule has 1 aliphatic carbocycles. The number of amides is 1. The molecule has 7 nitrogen and oxygen atoms in total. The SMILES string of the molecule is Cc1nn(C)cc1CC(=O)N1CCn2nc(C3CC3)nc2[C@H]1C. The summed E-state index contributed by atoms with van der Waals surface area (Å²) in [5.74, 6) is 2.57. The minimum Gasteiger partial charge on any atom is -0.331 e. The Morgan fingerprint density at radius 2 is 2.09 bits per heavy atom. The Balaban J connectivity index is 1.52. The van der Waals surface area contributed by atoms with Crippen LogP contribution in [0.2, 0.25) is 0 Å². The van der Waals surface area contributed by atoms with Gasteiger partial charge in [-0.15, -0.1) is 0 Å². The quantitative estimate of drug-likeness (QED) is 0.857. The standard InChI is InChI=1S/C16H22N6O/c1-10-13(9-20(3)18-10)8-14(23)21-6-7-22-16(11(21)2)17-15(19-22)12-4-5-12/h9,11-12H,4-8H2,1-3H3/t11-/m1/s1. The molecule has 3 heterocycles. The zero-order chi connectivity index (χ0) is 16.1. The van der Waals surface area contributed by atoms with E-state index >= 15 is 0 Å². The summed E-state index contributed by atoms with van der Waals surface area (Å²) < 4.78 is 3.74. The minimum absolute atomic E-state index is 0.0202. The summed E-state index contributed by atoms with van der Waals surface area (Å²) in [5.41, 5.74) is 1.92. The van der Waals surface area contributed by atoms with E-state index in [2.05, 4.69) is 10.2 Å². The second-order valence-electron chi connectivity index (χ2n) is 6.68. The van der Waals surface area contributed by atoms with Crippen molar-refractivity contribution in [3.8, 4) is 0 Å². The fraction of sp³-hybridized carbons (Fsp3) is 0.625. The van der Waals surface area contributed by atoms with Gasteiger partial charge >= 0.3 is 0 Å². The number of rotatable bonds is 3. The van der Waals surface area contributed by atoms with Crippen LogP contribution in [-0.4, -0.2) is 41.9 Å². The minimum atomic E-state index is -0.0202. The molecule has 0 radical (unpaired) electrons. The lowest BCUT2D eigenvalue weighted by molar-refractivity contribution is -0.133. The second kappa shape index (κ2) is 5.18. The molecule has 1 aliphatic heterocycles. The van der Waals surface area contributed by atoms with Crippen molar-refractivity contribution in [3.05, 3.63) is 29.1 Å². The van der Waals surface area contributed by atoms with Crippen molar-refractivity contribution in [3.63, 3.8) is 0 Å². The normalized spacial score (nSPS) is 20.7. The molecule has 122 valence electrons. The topological polar surface area (TPSA) is 68.8 Å². The molecule has 1 saturated carbocycles. The Morgan fingerprint density at radius 3 is 2.74 bits per heavy atom. The molecule has 0 N–H and O–H groups in total. The van der Waals surface area contributed by atoms with Crippen LogP contribution in [0.1, 0.15) is 54.6 Å². The van der Waals surface area contributed by atoms with Gasteiger partial charge in [0.05, 0.1) is 24.7 Å². The van der Waals surface area contributed by atoms with Crippen LogP contribution in [0.3, 0.4) is 0 Å². The number of hydrogen-bond donors (Lipinski definition) is 0. The van der Waals surface area contributed by atoms with Crippen LogP contribution in [0, 0.1) is 6.92 Å². The van der Waals surface area contributed by atoms with Gasteiger partial charge in [0.25, 0.3) is 0 Å². The number of carbonyl (C=O) groups excluding carboxylic acids is 1. The zero-order valence-electron chi connectivity index (χ0n) is 13.9. The molecular weight excluding hydrogens is 292 g/mol. The molecule has 4 rings (SSSR count). The summed E-state index contributed by atoms with van der Waals surface area (Å²) in [6.45, 7) is 5.42. The highest BCUT2D eigenvalue weighted by molar-refractivity contribution is 5.79. The summed E-state index contributed by atoms with van der Waals surface area (Å²) in [6, 6.07) is -0.0202. The van der Waals surface area contributed by atoms with E-state index in [1.54, 1.807) is 4.68 Å². The molecule has 0 aromatic carbocycles. The molecule has 0 spiro atoms. The van der Waals surface area contributed by atoms with Crippen LogP contribution in [0.25, 0.3) is 0 Å². The number of hydrogen-bond acceptors (Lipinski definition) is 4. The van der Waals surface area contributed by atoms with Crippen molar-refractivity contribution in [2.45, 2.75) is 51.6 Å². The van der Waals surface area contributed by atoms with Crippen molar-refractivity contribution >= 4 is 5.91 Å². The van der Waals surface area contributed by atoms with Gasteiger partial charge < -0.3 is 4.90 Å². The van der Waals surface area contributed by atoms with Gasteiger partial charge in [0.15, 0.2) is 5.82 Å². The predicted molar refractivity (Wildman–Crippen MR) is 83.8 cm³/mol. The molecule has 2 aromatic rings. The third-order valence-electron chi connectivity index (χ3n) is 4.83. The van der Waals surface area contributed by atoms with Crippen molar-refractivity contribution < 1.29 is 4.79 Å². The number of aryl methyl sites for hydroxylation is 2. The first-order valence-corrected chi connectivity index (χ1v) is 8.26. The lowest BCUT2D eigenvalue weighted by Crippen LogP contribution is -2.42. The first kappa shape index (κ1) is 14.4. The van der Waals surface area contributed by atoms with Crippen molar-refractivity contribution in [2.75, 3.05) is 6.54 Å². The van der Waals surface area contributed by atoms with E-state index in [9.17, 15) is 4.79 Å². The van der Waals surface area contributed by atoms with Gasteiger partial charge in [0, 0.05) is 31.3 Å². The molecule has 23 heavy (non-hydrogen) atoms. The van der Waals surface area contributed by atoms with Crippen LogP contribution in [-0.2, 0) is 24.8 Å². The number of nitrogens with zero attached hydrogens (tertiary/aromatic N) is 6. The fourth-order valence-corrected chi connectivity index (χ4v) is 3.32. The maximum Gasteiger partial charge on any atom is 0.227 e. The monoisotopic (exact) mass is 314 g/mol. The zero-order valence-corrected chi connectivity index (χ0v) is 13.9. The third kappa shape index (κ3) is 2.54. The highest BCUT2D eigenvalue weighted by Crippen LogP contribution is 2.39. The van der Waals surface area contributed by atoms with Gasteiger partial charge in [-0.05, 0) is 26.7 Å². The van der Waals surface area contributed by atoms with Gasteiger partial charge in [-0.2, -0.15) is 10.2 Å². The van der Waals surface area contributed by atoms with Crippen LogP contribution in [0.15, 0.2) is 6.20 Å². The molecule has 1 amide bonds. The summed E-state index contributed by atoms with van der Waals surface area (Å²) in [4.78, 5) is 19.4. The Morgan fingerprint density at radius 1 is 1.30 bits per heavy atom. The maximum absolute atomic E-state index is 12.7. The summed E-state index contributed by atoms with van der Waals surface area (Å²) in [7, 11) is 1.88. The van der Waals surface area contributed by atoms with E-state index in [0.717, 1.165) is 29.5 Å². The molecular formula is C16H22N6O. The van der Waals surface area contributed by atoms with Gasteiger partial charge in [0.2, 0.25) is 5.91 Å².